The van der Waals surface area contributed by atoms with Crippen LogP contribution in [0.3, 0.4) is 0 Å². The predicted octanol–water partition coefficient (Wildman–Crippen LogP) is 3.64. The zero-order chi connectivity index (χ0) is 21.5. The van der Waals surface area contributed by atoms with Crippen LogP contribution in [0, 0.1) is 0 Å². The van der Waals surface area contributed by atoms with Gasteiger partial charge in [-0.3, -0.25) is 9.69 Å². The van der Waals surface area contributed by atoms with Crippen LogP contribution in [0.25, 0.3) is 0 Å². The van der Waals surface area contributed by atoms with Gasteiger partial charge in [-0.2, -0.15) is 0 Å². The molecule has 2 aromatic carbocycles. The molecule has 3 rings (SSSR count). The summed E-state index contributed by atoms with van der Waals surface area (Å²) in [5.41, 5.74) is 2.22. The predicted molar refractivity (Wildman–Crippen MR) is 118 cm³/mol. The van der Waals surface area contributed by atoms with Crippen molar-refractivity contribution >= 4 is 17.5 Å². The Bertz CT molecular complexity index is 824. The van der Waals surface area contributed by atoms with E-state index in [2.05, 4.69) is 17.0 Å². The molecule has 0 unspecified atom stereocenters. The van der Waals surface area contributed by atoms with E-state index in [1.54, 1.807) is 21.3 Å². The maximum atomic E-state index is 12.7. The molecule has 30 heavy (non-hydrogen) atoms. The topological polar surface area (TPSA) is 51.2 Å². The number of halogens is 1. The highest BCUT2D eigenvalue weighted by Gasteiger charge is 2.21. The van der Waals surface area contributed by atoms with Crippen LogP contribution in [-0.2, 0) is 17.8 Å². The smallest absolute Gasteiger partial charge is 0.222 e. The minimum atomic E-state index is 0.176. The second-order valence-electron chi connectivity index (χ2n) is 7.32. The summed E-state index contributed by atoms with van der Waals surface area (Å²) in [6, 6.07) is 11.7. The number of hydrogen-bond donors (Lipinski definition) is 0. The van der Waals surface area contributed by atoms with Gasteiger partial charge in [-0.15, -0.1) is 0 Å². The van der Waals surface area contributed by atoms with Crippen molar-refractivity contribution in [3.8, 4) is 17.2 Å². The molecular formula is C23H29ClN2O4. The fourth-order valence-electron chi connectivity index (χ4n) is 3.69. The molecule has 1 aliphatic rings. The molecule has 0 aromatic heterocycles. The van der Waals surface area contributed by atoms with E-state index in [4.69, 9.17) is 25.8 Å². The highest BCUT2D eigenvalue weighted by Crippen LogP contribution is 2.38. The Morgan fingerprint density at radius 2 is 1.50 bits per heavy atom. The van der Waals surface area contributed by atoms with Gasteiger partial charge in [-0.25, -0.2) is 0 Å². The zero-order valence-electron chi connectivity index (χ0n) is 17.8. The maximum absolute atomic E-state index is 12.7. The lowest BCUT2D eigenvalue weighted by atomic mass is 10.1. The summed E-state index contributed by atoms with van der Waals surface area (Å²) < 4.78 is 16.1. The van der Waals surface area contributed by atoms with E-state index in [-0.39, 0.29) is 5.91 Å². The summed E-state index contributed by atoms with van der Waals surface area (Å²) in [5.74, 6) is 1.95. The normalized spacial score (nSPS) is 14.5. The number of hydrogen-bond acceptors (Lipinski definition) is 5. The Morgan fingerprint density at radius 1 is 0.900 bits per heavy atom. The number of methoxy groups -OCH3 is 3. The number of rotatable bonds is 8. The third kappa shape index (κ3) is 5.58. The van der Waals surface area contributed by atoms with Crippen molar-refractivity contribution < 1.29 is 19.0 Å². The highest BCUT2D eigenvalue weighted by molar-refractivity contribution is 6.30. The van der Waals surface area contributed by atoms with E-state index >= 15 is 0 Å². The fraction of sp³-hybridized carbons (Fsp3) is 0.435. The first kappa shape index (κ1) is 22.2. The minimum Gasteiger partial charge on any atom is -0.493 e. The molecule has 0 atom stereocenters. The Kier molecular flexibility index (Phi) is 7.82. The number of piperazine rings is 1. The summed E-state index contributed by atoms with van der Waals surface area (Å²) in [4.78, 5) is 17.0. The SMILES string of the molecule is COc1cc(CCC(=O)N2CCN(Cc3ccc(Cl)cc3)CC2)cc(OC)c1OC. The monoisotopic (exact) mass is 432 g/mol. The molecule has 0 spiro atoms. The van der Waals surface area contributed by atoms with Gasteiger partial charge in [-0.05, 0) is 41.8 Å². The summed E-state index contributed by atoms with van der Waals surface area (Å²) in [5, 5.41) is 0.751. The molecule has 0 N–H and O–H groups in total. The summed E-state index contributed by atoms with van der Waals surface area (Å²) >= 11 is 5.95. The Morgan fingerprint density at radius 3 is 2.03 bits per heavy atom. The molecular weight excluding hydrogens is 404 g/mol. The van der Waals surface area contributed by atoms with Crippen molar-refractivity contribution in [1.82, 2.24) is 9.80 Å². The first-order valence-corrected chi connectivity index (χ1v) is 10.4. The first-order chi connectivity index (χ1) is 14.5. The van der Waals surface area contributed by atoms with Crippen LogP contribution in [0.2, 0.25) is 5.02 Å². The van der Waals surface area contributed by atoms with Crippen LogP contribution in [-0.4, -0.2) is 63.2 Å². The number of carbonyl (C=O) groups excluding carboxylic acids is 1. The van der Waals surface area contributed by atoms with Gasteiger partial charge in [0.1, 0.15) is 0 Å². The van der Waals surface area contributed by atoms with Gasteiger partial charge in [0.2, 0.25) is 11.7 Å². The molecule has 0 saturated carbocycles. The third-order valence-corrected chi connectivity index (χ3v) is 5.65. The quantitative estimate of drug-likeness (QED) is 0.637. The lowest BCUT2D eigenvalue weighted by molar-refractivity contribution is -0.133. The van der Waals surface area contributed by atoms with Gasteiger partial charge in [0, 0.05) is 44.2 Å². The lowest BCUT2D eigenvalue weighted by Gasteiger charge is -2.35. The average Bonchev–Trinajstić information content (AvgIpc) is 2.78. The maximum Gasteiger partial charge on any atom is 0.222 e. The van der Waals surface area contributed by atoms with E-state index < -0.39 is 0 Å². The van der Waals surface area contributed by atoms with Gasteiger partial charge >= 0.3 is 0 Å². The van der Waals surface area contributed by atoms with Crippen LogP contribution >= 0.6 is 11.6 Å². The minimum absolute atomic E-state index is 0.176. The second-order valence-corrected chi connectivity index (χ2v) is 7.75. The largest absolute Gasteiger partial charge is 0.493 e. The van der Waals surface area contributed by atoms with Crippen molar-refractivity contribution in [2.24, 2.45) is 0 Å². The van der Waals surface area contributed by atoms with Crippen LogP contribution in [0.4, 0.5) is 0 Å². The standard InChI is InChI=1S/C23H29ClN2O4/c1-28-20-14-18(15-21(29-2)23(20)30-3)6-9-22(27)26-12-10-25(11-13-26)16-17-4-7-19(24)8-5-17/h4-5,7-8,14-15H,6,9-13,16H2,1-3H3. The molecule has 6 nitrogen and oxygen atoms in total. The van der Waals surface area contributed by atoms with Gasteiger partial charge in [0.25, 0.3) is 0 Å². The molecule has 1 fully saturated rings. The number of benzene rings is 2. The number of amides is 1. The van der Waals surface area contributed by atoms with E-state index in [0.717, 1.165) is 43.3 Å². The van der Waals surface area contributed by atoms with Gasteiger partial charge in [0.05, 0.1) is 21.3 Å². The van der Waals surface area contributed by atoms with Crippen molar-refractivity contribution in [2.75, 3.05) is 47.5 Å². The average molecular weight is 433 g/mol. The first-order valence-electron chi connectivity index (χ1n) is 10.1. The molecule has 162 valence electrons. The molecule has 0 radical (unpaired) electrons. The van der Waals surface area contributed by atoms with E-state index in [1.807, 2.05) is 29.2 Å². The molecule has 1 saturated heterocycles. The molecule has 1 amide bonds. The number of nitrogens with zero attached hydrogens (tertiary/aromatic N) is 2. The van der Waals surface area contributed by atoms with Crippen LogP contribution in [0.1, 0.15) is 17.5 Å². The van der Waals surface area contributed by atoms with Crippen molar-refractivity contribution in [2.45, 2.75) is 19.4 Å². The fourth-order valence-corrected chi connectivity index (χ4v) is 3.82. The number of carbonyl (C=O) groups is 1. The van der Waals surface area contributed by atoms with Crippen LogP contribution in [0.5, 0.6) is 17.2 Å². The van der Waals surface area contributed by atoms with E-state index in [1.165, 1.54) is 5.56 Å². The summed E-state index contributed by atoms with van der Waals surface area (Å²) in [6.45, 7) is 4.13. The van der Waals surface area contributed by atoms with Crippen LogP contribution in [0.15, 0.2) is 36.4 Å². The summed E-state index contributed by atoms with van der Waals surface area (Å²) in [7, 11) is 4.77. The molecule has 1 heterocycles. The Labute approximate surface area is 183 Å². The molecule has 0 aliphatic carbocycles. The Hall–Kier alpha value is -2.44. The zero-order valence-corrected chi connectivity index (χ0v) is 18.6. The van der Waals surface area contributed by atoms with E-state index in [9.17, 15) is 4.79 Å². The van der Waals surface area contributed by atoms with Gasteiger partial charge < -0.3 is 19.1 Å². The van der Waals surface area contributed by atoms with Crippen molar-refractivity contribution in [3.63, 3.8) is 0 Å². The van der Waals surface area contributed by atoms with Gasteiger partial charge in [0.15, 0.2) is 11.5 Å². The highest BCUT2D eigenvalue weighted by atomic mass is 35.5. The molecule has 1 aliphatic heterocycles. The number of ether oxygens (including phenoxy) is 3. The van der Waals surface area contributed by atoms with Gasteiger partial charge in [-0.1, -0.05) is 23.7 Å². The molecule has 2 aromatic rings. The number of aryl methyl sites for hydroxylation is 1. The lowest BCUT2D eigenvalue weighted by Crippen LogP contribution is -2.48. The molecule has 7 heteroatoms. The summed E-state index contributed by atoms with van der Waals surface area (Å²) in [6.07, 6.45) is 1.08. The second kappa shape index (κ2) is 10.5. The van der Waals surface area contributed by atoms with E-state index in [0.29, 0.717) is 30.1 Å². The van der Waals surface area contributed by atoms with Crippen LogP contribution < -0.4 is 14.2 Å². The van der Waals surface area contributed by atoms with Crippen molar-refractivity contribution in [1.29, 1.82) is 0 Å². The Balaban J connectivity index is 1.51. The molecule has 0 bridgehead atoms. The van der Waals surface area contributed by atoms with Crippen molar-refractivity contribution in [3.05, 3.63) is 52.5 Å². The third-order valence-electron chi connectivity index (χ3n) is 5.40.